The number of halogens is 3. The van der Waals surface area contributed by atoms with Crippen LogP contribution in [-0.2, 0) is 12.7 Å². The van der Waals surface area contributed by atoms with Gasteiger partial charge in [-0.05, 0) is 12.1 Å². The fourth-order valence-corrected chi connectivity index (χ4v) is 1.18. The molecule has 2 aromatic heterocycles. The van der Waals surface area contributed by atoms with Gasteiger partial charge in [-0.1, -0.05) is 0 Å². The molecule has 0 aliphatic carbocycles. The van der Waals surface area contributed by atoms with Gasteiger partial charge in [0.2, 0.25) is 0 Å². The second-order valence-electron chi connectivity index (χ2n) is 3.26. The summed E-state index contributed by atoms with van der Waals surface area (Å²) in [5.41, 5.74) is 5.05. The lowest BCUT2D eigenvalue weighted by Gasteiger charge is -2.01. The van der Waals surface area contributed by atoms with Gasteiger partial charge in [0.1, 0.15) is 0 Å². The van der Waals surface area contributed by atoms with Crippen LogP contribution >= 0.6 is 0 Å². The standard InChI is InChI=1S/C9H8F3N5/c10-9(11,12)6-4-14-17(5-6)8-2-1-7(3-13)15-16-8/h1-2,4-5H,3,13H2. The molecule has 17 heavy (non-hydrogen) atoms. The highest BCUT2D eigenvalue weighted by atomic mass is 19.4. The van der Waals surface area contributed by atoms with Crippen molar-refractivity contribution in [2.24, 2.45) is 5.73 Å². The highest BCUT2D eigenvalue weighted by Crippen LogP contribution is 2.28. The van der Waals surface area contributed by atoms with Gasteiger partial charge in [-0.3, -0.25) is 0 Å². The predicted molar refractivity (Wildman–Crippen MR) is 52.0 cm³/mol. The minimum absolute atomic E-state index is 0.206. The van der Waals surface area contributed by atoms with Crippen molar-refractivity contribution in [3.8, 4) is 5.82 Å². The van der Waals surface area contributed by atoms with Gasteiger partial charge >= 0.3 is 6.18 Å². The van der Waals surface area contributed by atoms with Crippen LogP contribution in [0.1, 0.15) is 11.3 Å². The molecule has 0 bridgehead atoms. The molecule has 0 saturated heterocycles. The molecule has 2 rings (SSSR count). The average Bonchev–Trinajstić information content (AvgIpc) is 2.78. The third-order valence-corrected chi connectivity index (χ3v) is 2.06. The number of aromatic nitrogens is 4. The fourth-order valence-electron chi connectivity index (χ4n) is 1.18. The number of hydrogen-bond donors (Lipinski definition) is 1. The first kappa shape index (κ1) is 11.5. The molecule has 90 valence electrons. The molecule has 0 saturated carbocycles. The maximum atomic E-state index is 12.3. The van der Waals surface area contributed by atoms with E-state index in [2.05, 4.69) is 15.3 Å². The summed E-state index contributed by atoms with van der Waals surface area (Å²) in [4.78, 5) is 0. The molecule has 0 fully saturated rings. The molecule has 0 atom stereocenters. The van der Waals surface area contributed by atoms with Crippen LogP contribution in [0.3, 0.4) is 0 Å². The molecule has 2 heterocycles. The Kier molecular flexibility index (Phi) is 2.80. The largest absolute Gasteiger partial charge is 0.419 e. The summed E-state index contributed by atoms with van der Waals surface area (Å²) in [6.07, 6.45) is -2.83. The molecule has 0 spiro atoms. The van der Waals surface area contributed by atoms with Crippen LogP contribution < -0.4 is 5.73 Å². The molecule has 0 aliphatic heterocycles. The summed E-state index contributed by atoms with van der Waals surface area (Å²) < 4.78 is 38.0. The van der Waals surface area contributed by atoms with Gasteiger partial charge in [-0.25, -0.2) is 4.68 Å². The third-order valence-electron chi connectivity index (χ3n) is 2.06. The van der Waals surface area contributed by atoms with Crippen LogP contribution in [0.2, 0.25) is 0 Å². The number of nitrogens with two attached hydrogens (primary N) is 1. The lowest BCUT2D eigenvalue weighted by molar-refractivity contribution is -0.137. The number of rotatable bonds is 2. The zero-order chi connectivity index (χ0) is 12.5. The number of nitrogens with zero attached hydrogens (tertiary/aromatic N) is 4. The molecule has 2 aromatic rings. The predicted octanol–water partition coefficient (Wildman–Crippen LogP) is 1.14. The van der Waals surface area contributed by atoms with E-state index in [0.717, 1.165) is 17.1 Å². The molecule has 0 radical (unpaired) electrons. The van der Waals surface area contributed by atoms with E-state index in [-0.39, 0.29) is 12.4 Å². The van der Waals surface area contributed by atoms with Crippen LogP contribution in [0.5, 0.6) is 0 Å². The zero-order valence-corrected chi connectivity index (χ0v) is 8.52. The topological polar surface area (TPSA) is 69.6 Å². The van der Waals surface area contributed by atoms with Crippen LogP contribution in [0, 0.1) is 0 Å². The Balaban J connectivity index is 2.30. The highest BCUT2D eigenvalue weighted by molar-refractivity contribution is 5.23. The summed E-state index contributed by atoms with van der Waals surface area (Å²) in [6, 6.07) is 3.08. The monoisotopic (exact) mass is 243 g/mol. The molecule has 5 nitrogen and oxygen atoms in total. The van der Waals surface area contributed by atoms with Gasteiger partial charge in [0.15, 0.2) is 5.82 Å². The Morgan fingerprint density at radius 3 is 2.47 bits per heavy atom. The van der Waals surface area contributed by atoms with Gasteiger partial charge < -0.3 is 5.73 Å². The summed E-state index contributed by atoms with van der Waals surface area (Å²) >= 11 is 0. The first-order valence-corrected chi connectivity index (χ1v) is 4.65. The maximum absolute atomic E-state index is 12.3. The molecule has 2 N–H and O–H groups in total. The van der Waals surface area contributed by atoms with Crippen molar-refractivity contribution < 1.29 is 13.2 Å². The van der Waals surface area contributed by atoms with Crippen molar-refractivity contribution in [3.05, 3.63) is 35.8 Å². The quantitative estimate of drug-likeness (QED) is 0.858. The summed E-state index contributed by atoms with van der Waals surface area (Å²) in [5, 5.41) is 11.0. The number of hydrogen-bond acceptors (Lipinski definition) is 4. The second-order valence-corrected chi connectivity index (χ2v) is 3.26. The van der Waals surface area contributed by atoms with Crippen molar-refractivity contribution in [2.45, 2.75) is 12.7 Å². The summed E-state index contributed by atoms with van der Waals surface area (Å²) in [7, 11) is 0. The van der Waals surface area contributed by atoms with Crippen molar-refractivity contribution in [2.75, 3.05) is 0 Å². The average molecular weight is 243 g/mol. The minimum atomic E-state index is -4.41. The molecule has 8 heteroatoms. The van der Waals surface area contributed by atoms with E-state index < -0.39 is 11.7 Å². The van der Waals surface area contributed by atoms with Crippen molar-refractivity contribution in [1.82, 2.24) is 20.0 Å². The van der Waals surface area contributed by atoms with Crippen LogP contribution in [0.25, 0.3) is 5.82 Å². The third kappa shape index (κ3) is 2.41. The Morgan fingerprint density at radius 1 is 1.24 bits per heavy atom. The summed E-state index contributed by atoms with van der Waals surface area (Å²) in [5.74, 6) is 0.206. The lowest BCUT2D eigenvalue weighted by atomic mass is 10.3. The van der Waals surface area contributed by atoms with E-state index >= 15 is 0 Å². The molecular weight excluding hydrogens is 235 g/mol. The smallest absolute Gasteiger partial charge is 0.325 e. The molecule has 0 unspecified atom stereocenters. The first-order valence-electron chi connectivity index (χ1n) is 4.65. The lowest BCUT2D eigenvalue weighted by Crippen LogP contribution is -2.05. The van der Waals surface area contributed by atoms with Crippen molar-refractivity contribution in [3.63, 3.8) is 0 Å². The zero-order valence-electron chi connectivity index (χ0n) is 8.52. The maximum Gasteiger partial charge on any atom is 0.419 e. The first-order chi connectivity index (χ1) is 8.00. The van der Waals surface area contributed by atoms with Gasteiger partial charge in [-0.2, -0.15) is 23.4 Å². The van der Waals surface area contributed by atoms with E-state index in [0.29, 0.717) is 5.69 Å². The van der Waals surface area contributed by atoms with Gasteiger partial charge in [0, 0.05) is 12.7 Å². The molecule has 0 amide bonds. The van der Waals surface area contributed by atoms with Crippen molar-refractivity contribution in [1.29, 1.82) is 0 Å². The van der Waals surface area contributed by atoms with Gasteiger partial charge in [0.05, 0.1) is 17.5 Å². The SMILES string of the molecule is NCc1ccc(-n2cc(C(F)(F)F)cn2)nn1. The fraction of sp³-hybridized carbons (Fsp3) is 0.222. The molecule has 0 aromatic carbocycles. The van der Waals surface area contributed by atoms with Gasteiger partial charge in [0.25, 0.3) is 0 Å². The Hall–Kier alpha value is -1.96. The van der Waals surface area contributed by atoms with E-state index in [9.17, 15) is 13.2 Å². The second kappa shape index (κ2) is 4.13. The van der Waals surface area contributed by atoms with E-state index in [4.69, 9.17) is 5.73 Å². The van der Waals surface area contributed by atoms with Crippen LogP contribution in [0.4, 0.5) is 13.2 Å². The highest BCUT2D eigenvalue weighted by Gasteiger charge is 2.32. The molecular formula is C9H8F3N5. The molecule has 0 aliphatic rings. The Morgan fingerprint density at radius 2 is 2.00 bits per heavy atom. The van der Waals surface area contributed by atoms with E-state index in [1.165, 1.54) is 6.07 Å². The van der Waals surface area contributed by atoms with E-state index in [1.54, 1.807) is 6.07 Å². The van der Waals surface area contributed by atoms with Crippen LogP contribution in [0.15, 0.2) is 24.5 Å². The normalized spacial score (nSPS) is 11.8. The Bertz CT molecular complexity index is 502. The van der Waals surface area contributed by atoms with Gasteiger partial charge in [-0.15, -0.1) is 5.10 Å². The van der Waals surface area contributed by atoms with E-state index in [1.807, 2.05) is 0 Å². The van der Waals surface area contributed by atoms with Crippen molar-refractivity contribution >= 4 is 0 Å². The number of alkyl halides is 3. The minimum Gasteiger partial charge on any atom is -0.325 e. The Labute approximate surface area is 94.1 Å². The summed E-state index contributed by atoms with van der Waals surface area (Å²) in [6.45, 7) is 0.222. The van der Waals surface area contributed by atoms with Crippen LogP contribution in [-0.4, -0.2) is 20.0 Å².